The van der Waals surface area contributed by atoms with E-state index in [-0.39, 0.29) is 43.6 Å². The van der Waals surface area contributed by atoms with Gasteiger partial charge in [-0.15, -0.1) is 6.58 Å². The lowest BCUT2D eigenvalue weighted by Gasteiger charge is -2.25. The average Bonchev–Trinajstić information content (AvgIpc) is 3.43. The zero-order valence-electron chi connectivity index (χ0n) is 29.5. The number of halogens is 1. The molecule has 13 heteroatoms. The number of hydrogen-bond donors (Lipinski definition) is 0. The van der Waals surface area contributed by atoms with E-state index >= 15 is 0 Å². The molecule has 0 radical (unpaired) electrons. The minimum atomic E-state index is -0.925. The lowest BCUT2D eigenvalue weighted by atomic mass is 9.95. The number of methoxy groups -OCH3 is 2. The molecule has 1 aliphatic heterocycles. The molecule has 0 bridgehead atoms. The van der Waals surface area contributed by atoms with Crippen LogP contribution in [0.4, 0.5) is 4.39 Å². The molecule has 0 spiro atoms. The number of carbonyl (C=O) groups excluding carboxylic acids is 2. The molecule has 1 atom stereocenters. The van der Waals surface area contributed by atoms with Crippen LogP contribution in [0.1, 0.15) is 49.1 Å². The Morgan fingerprint density at radius 2 is 1.77 bits per heavy atom. The molecule has 1 aliphatic rings. The van der Waals surface area contributed by atoms with Crippen molar-refractivity contribution in [1.82, 2.24) is 4.57 Å². The third-order valence-corrected chi connectivity index (χ3v) is 9.02. The predicted molar refractivity (Wildman–Crippen MR) is 193 cm³/mol. The van der Waals surface area contributed by atoms with Crippen LogP contribution in [0.5, 0.6) is 23.0 Å². The molecule has 4 aromatic rings. The first-order valence-corrected chi connectivity index (χ1v) is 17.3. The van der Waals surface area contributed by atoms with E-state index in [4.69, 9.17) is 23.7 Å². The van der Waals surface area contributed by atoms with Crippen LogP contribution in [0.25, 0.3) is 6.08 Å². The Kier molecular flexibility index (Phi) is 12.3. The molecule has 2 heterocycles. The SMILES string of the molecule is C=CCc1cc(/C=c2\sc3n(c2=O)[C@H](c2ccc(OCC(=O)OC)c(OCC)c2)C(C(=O)OCC)=C(C)N=3)cc(OC)c1OCc1ccccc1F. The number of esters is 2. The van der Waals surface area contributed by atoms with Gasteiger partial charge in [-0.25, -0.2) is 19.0 Å². The van der Waals surface area contributed by atoms with Crippen molar-refractivity contribution in [3.8, 4) is 23.0 Å². The van der Waals surface area contributed by atoms with Gasteiger partial charge in [0.1, 0.15) is 12.4 Å². The lowest BCUT2D eigenvalue weighted by Crippen LogP contribution is -2.40. The van der Waals surface area contributed by atoms with Crippen molar-refractivity contribution in [2.75, 3.05) is 34.0 Å². The summed E-state index contributed by atoms with van der Waals surface area (Å²) in [7, 11) is 2.76. The van der Waals surface area contributed by atoms with Gasteiger partial charge in [0.15, 0.2) is 34.4 Å². The highest BCUT2D eigenvalue weighted by atomic mass is 32.1. The molecular formula is C39H39FN2O9S. The van der Waals surface area contributed by atoms with Crippen molar-refractivity contribution in [2.24, 2.45) is 4.99 Å². The number of ether oxygens (including phenoxy) is 6. The summed E-state index contributed by atoms with van der Waals surface area (Å²) in [6.07, 6.45) is 3.84. The van der Waals surface area contributed by atoms with Gasteiger partial charge < -0.3 is 28.4 Å². The van der Waals surface area contributed by atoms with Gasteiger partial charge in [-0.3, -0.25) is 9.36 Å². The van der Waals surface area contributed by atoms with Crippen LogP contribution in [0.15, 0.2) is 88.3 Å². The number of carbonyl (C=O) groups is 2. The summed E-state index contributed by atoms with van der Waals surface area (Å²) in [5.74, 6) is -0.141. The second-order valence-corrected chi connectivity index (χ2v) is 12.4. The van der Waals surface area contributed by atoms with E-state index < -0.39 is 23.5 Å². The molecule has 11 nitrogen and oxygen atoms in total. The Hall–Kier alpha value is -5.69. The van der Waals surface area contributed by atoms with E-state index in [1.54, 1.807) is 75.4 Å². The van der Waals surface area contributed by atoms with Gasteiger partial charge in [0.25, 0.3) is 5.56 Å². The van der Waals surface area contributed by atoms with Crippen LogP contribution in [0.2, 0.25) is 0 Å². The predicted octanol–water partition coefficient (Wildman–Crippen LogP) is 5.20. The van der Waals surface area contributed by atoms with E-state index in [0.717, 1.165) is 16.9 Å². The quantitative estimate of drug-likeness (QED) is 0.120. The van der Waals surface area contributed by atoms with Gasteiger partial charge in [0, 0.05) is 11.1 Å². The molecule has 52 heavy (non-hydrogen) atoms. The molecule has 0 saturated heterocycles. The summed E-state index contributed by atoms with van der Waals surface area (Å²) in [5.41, 5.74) is 2.48. The minimum Gasteiger partial charge on any atom is -0.493 e. The summed E-state index contributed by atoms with van der Waals surface area (Å²) in [4.78, 5) is 44.6. The monoisotopic (exact) mass is 730 g/mol. The molecule has 0 amide bonds. The highest BCUT2D eigenvalue weighted by molar-refractivity contribution is 7.07. The summed E-state index contributed by atoms with van der Waals surface area (Å²) in [6.45, 7) is 9.11. The Morgan fingerprint density at radius 3 is 2.46 bits per heavy atom. The first kappa shape index (κ1) is 37.6. The van der Waals surface area contributed by atoms with Crippen molar-refractivity contribution in [3.05, 3.63) is 126 Å². The smallest absolute Gasteiger partial charge is 0.343 e. The molecule has 0 N–H and O–H groups in total. The molecular weight excluding hydrogens is 691 g/mol. The van der Waals surface area contributed by atoms with Crippen LogP contribution >= 0.6 is 11.3 Å². The zero-order chi connectivity index (χ0) is 37.4. The number of nitrogens with zero attached hydrogens (tertiary/aromatic N) is 2. The van der Waals surface area contributed by atoms with Crippen LogP contribution in [-0.2, 0) is 32.1 Å². The highest BCUT2D eigenvalue weighted by Gasteiger charge is 2.34. The van der Waals surface area contributed by atoms with E-state index in [0.29, 0.717) is 55.4 Å². The number of hydrogen-bond acceptors (Lipinski definition) is 11. The maximum atomic E-state index is 14.3. The standard InChI is InChI=1S/C39H39FN2O9S/c1-7-12-26-17-24(18-31(46-5)36(26)51-21-27-13-10-11-14-28(27)40)19-32-37(44)42-35(34(38(45)49-9-3)23(4)41-39(42)52-32)25-15-16-29(30(20-25)48-8-2)50-22-33(43)47-6/h7,10-11,13-20,35H,1,8-9,12,21-22H2,2-6H3/b32-19-/t35-/m1/s1. The average molecular weight is 731 g/mol. The first-order valence-electron chi connectivity index (χ1n) is 16.5. The van der Waals surface area contributed by atoms with Crippen LogP contribution in [0, 0.1) is 5.82 Å². The van der Waals surface area contributed by atoms with E-state index in [1.165, 1.54) is 24.9 Å². The molecule has 272 valence electrons. The molecule has 3 aromatic carbocycles. The number of allylic oxidation sites excluding steroid dienone is 2. The Balaban J connectivity index is 1.62. The number of rotatable bonds is 15. The van der Waals surface area contributed by atoms with Crippen LogP contribution in [-0.4, -0.2) is 50.5 Å². The minimum absolute atomic E-state index is 0.0172. The maximum absolute atomic E-state index is 14.3. The highest BCUT2D eigenvalue weighted by Crippen LogP contribution is 2.37. The first-order chi connectivity index (χ1) is 25.1. The van der Waals surface area contributed by atoms with Gasteiger partial charge in [-0.05, 0) is 74.7 Å². The Morgan fingerprint density at radius 1 is 0.981 bits per heavy atom. The summed E-state index contributed by atoms with van der Waals surface area (Å²) >= 11 is 1.16. The van der Waals surface area contributed by atoms with Gasteiger partial charge in [0.2, 0.25) is 0 Å². The zero-order valence-corrected chi connectivity index (χ0v) is 30.3. The Labute approximate surface area is 303 Å². The molecule has 5 rings (SSSR count). The normalized spacial score (nSPS) is 13.9. The van der Waals surface area contributed by atoms with Crippen molar-refractivity contribution in [1.29, 1.82) is 0 Å². The summed E-state index contributed by atoms with van der Waals surface area (Å²) in [5, 5.41) is 0. The van der Waals surface area contributed by atoms with E-state index in [2.05, 4.69) is 16.3 Å². The fourth-order valence-corrected chi connectivity index (χ4v) is 6.74. The Bertz CT molecular complexity index is 2210. The second-order valence-electron chi connectivity index (χ2n) is 11.4. The number of benzene rings is 3. The number of fused-ring (bicyclic) bond motifs is 1. The maximum Gasteiger partial charge on any atom is 0.343 e. The fourth-order valence-electron chi connectivity index (χ4n) is 5.69. The second kappa shape index (κ2) is 17.0. The van der Waals surface area contributed by atoms with Crippen LogP contribution < -0.4 is 33.8 Å². The van der Waals surface area contributed by atoms with Gasteiger partial charge in [0.05, 0.1) is 49.3 Å². The third-order valence-electron chi connectivity index (χ3n) is 8.04. The lowest BCUT2D eigenvalue weighted by molar-refractivity contribution is -0.143. The fraction of sp³-hybridized carbons (Fsp3) is 0.282. The summed E-state index contributed by atoms with van der Waals surface area (Å²) in [6, 6.07) is 14.0. The van der Waals surface area contributed by atoms with Crippen LogP contribution in [0.3, 0.4) is 0 Å². The van der Waals surface area contributed by atoms with Crippen molar-refractivity contribution < 1.29 is 42.4 Å². The van der Waals surface area contributed by atoms with Crippen molar-refractivity contribution in [2.45, 2.75) is 39.8 Å². The molecule has 0 saturated carbocycles. The number of thiazole rings is 1. The van der Waals surface area contributed by atoms with E-state index in [1.807, 2.05) is 6.07 Å². The molecule has 0 aliphatic carbocycles. The van der Waals surface area contributed by atoms with Gasteiger partial charge in [-0.1, -0.05) is 41.7 Å². The number of aromatic nitrogens is 1. The van der Waals surface area contributed by atoms with Crippen molar-refractivity contribution in [3.63, 3.8) is 0 Å². The molecule has 0 fully saturated rings. The molecule has 0 unspecified atom stereocenters. The largest absolute Gasteiger partial charge is 0.493 e. The summed E-state index contributed by atoms with van der Waals surface area (Å²) < 4.78 is 49.5. The molecule has 1 aromatic heterocycles. The third kappa shape index (κ3) is 8.10. The topological polar surface area (TPSA) is 124 Å². The van der Waals surface area contributed by atoms with E-state index in [9.17, 15) is 18.8 Å². The van der Waals surface area contributed by atoms with Gasteiger partial charge >= 0.3 is 11.9 Å². The van der Waals surface area contributed by atoms with Crippen molar-refractivity contribution >= 4 is 29.4 Å². The van der Waals surface area contributed by atoms with Gasteiger partial charge in [-0.2, -0.15) is 0 Å².